The Bertz CT molecular complexity index is 1530. The van der Waals surface area contributed by atoms with Gasteiger partial charge in [-0.1, -0.05) is 63.9 Å². The molecule has 5 nitrogen and oxygen atoms in total. The Morgan fingerprint density at radius 2 is 1.80 bits per heavy atom. The molecule has 4 aromatic rings. The van der Waals surface area contributed by atoms with E-state index in [0.29, 0.717) is 22.2 Å². The molecular formula is C32H31BrClFN2O3. The number of carbonyl (C=O) groups excluding carboxylic acids is 2. The summed E-state index contributed by atoms with van der Waals surface area (Å²) < 4.78 is 21.2. The highest BCUT2D eigenvalue weighted by Gasteiger charge is 2.25. The third-order valence-corrected chi connectivity index (χ3v) is 7.32. The monoisotopic (exact) mass is 624 g/mol. The van der Waals surface area contributed by atoms with Crippen LogP contribution in [0.1, 0.15) is 61.0 Å². The fraction of sp³-hybridized carbons (Fsp3) is 0.281. The van der Waals surface area contributed by atoms with Gasteiger partial charge in [0.05, 0.1) is 16.8 Å². The van der Waals surface area contributed by atoms with E-state index in [2.05, 4.69) is 21.2 Å². The number of aromatic nitrogens is 1. The van der Waals surface area contributed by atoms with Crippen molar-refractivity contribution in [3.8, 4) is 11.3 Å². The van der Waals surface area contributed by atoms with Crippen molar-refractivity contribution < 1.29 is 18.7 Å². The van der Waals surface area contributed by atoms with E-state index in [0.717, 1.165) is 15.6 Å². The molecule has 0 aliphatic rings. The summed E-state index contributed by atoms with van der Waals surface area (Å²) in [4.78, 5) is 31.2. The first-order valence-corrected chi connectivity index (χ1v) is 14.2. The highest BCUT2D eigenvalue weighted by Crippen LogP contribution is 2.33. The van der Waals surface area contributed by atoms with E-state index in [1.165, 1.54) is 12.1 Å². The molecule has 1 heterocycles. The number of nitrogens with one attached hydrogen (secondary N) is 1. The number of carbonyl (C=O) groups is 2. The maximum Gasteiger partial charge on any atom is 0.306 e. The van der Waals surface area contributed by atoms with Crippen LogP contribution in [0, 0.1) is 12.7 Å². The maximum atomic E-state index is 15.0. The molecule has 1 unspecified atom stereocenters. The molecule has 0 fully saturated rings. The summed E-state index contributed by atoms with van der Waals surface area (Å²) in [7, 11) is 0. The number of esters is 1. The van der Waals surface area contributed by atoms with Crippen LogP contribution in [-0.2, 0) is 9.53 Å². The number of rotatable bonds is 8. The third kappa shape index (κ3) is 7.07. The van der Waals surface area contributed by atoms with E-state index in [1.807, 2.05) is 55.5 Å². The minimum absolute atomic E-state index is 0.0464. The van der Waals surface area contributed by atoms with Crippen LogP contribution in [0.3, 0.4) is 0 Å². The molecule has 0 radical (unpaired) electrons. The summed E-state index contributed by atoms with van der Waals surface area (Å²) in [5.74, 6) is -1.77. The summed E-state index contributed by atoms with van der Waals surface area (Å²) in [6, 6.07) is 19.8. The standard InChI is InChI=1S/C32H31BrClFN2O3/c1-19-28(23-17-22(33)14-15-26(23)37-30(19)20-9-6-5-7-10-20)31(39)36-18-21(13-16-27(38)40-32(2,3)4)29-24(34)11-8-12-25(29)35/h5-12,14-15,17,21H,13,16,18H2,1-4H3,(H,36,39). The molecule has 1 atom stereocenters. The topological polar surface area (TPSA) is 68.3 Å². The Labute approximate surface area is 247 Å². The van der Waals surface area contributed by atoms with Crippen LogP contribution >= 0.6 is 27.5 Å². The van der Waals surface area contributed by atoms with E-state index in [-0.39, 0.29) is 35.9 Å². The molecule has 1 N–H and O–H groups in total. The summed E-state index contributed by atoms with van der Waals surface area (Å²) in [6.07, 6.45) is 0.289. The second-order valence-corrected chi connectivity index (χ2v) is 12.0. The highest BCUT2D eigenvalue weighted by molar-refractivity contribution is 9.10. The molecule has 4 rings (SSSR count). The van der Waals surface area contributed by atoms with Crippen molar-refractivity contribution in [3.63, 3.8) is 0 Å². The van der Waals surface area contributed by atoms with Gasteiger partial charge in [0.15, 0.2) is 0 Å². The second kappa shape index (κ2) is 12.5. The van der Waals surface area contributed by atoms with Gasteiger partial charge in [-0.25, -0.2) is 9.37 Å². The SMILES string of the molecule is Cc1c(-c2ccccc2)nc2ccc(Br)cc2c1C(=O)NCC(CCC(=O)OC(C)(C)C)c1c(F)cccc1Cl. The van der Waals surface area contributed by atoms with E-state index in [1.54, 1.807) is 26.8 Å². The number of ether oxygens (including phenoxy) is 1. The van der Waals surface area contributed by atoms with E-state index in [9.17, 15) is 14.0 Å². The van der Waals surface area contributed by atoms with Gasteiger partial charge in [-0.15, -0.1) is 0 Å². The molecule has 1 amide bonds. The normalized spacial score (nSPS) is 12.3. The van der Waals surface area contributed by atoms with Gasteiger partial charge in [0.1, 0.15) is 11.4 Å². The van der Waals surface area contributed by atoms with Gasteiger partial charge in [0.2, 0.25) is 0 Å². The third-order valence-electron chi connectivity index (χ3n) is 6.50. The average molecular weight is 626 g/mol. The van der Waals surface area contributed by atoms with Crippen LogP contribution < -0.4 is 5.32 Å². The van der Waals surface area contributed by atoms with Gasteiger partial charge < -0.3 is 10.1 Å². The molecule has 208 valence electrons. The molecule has 0 aliphatic carbocycles. The Hall–Kier alpha value is -3.29. The number of pyridine rings is 1. The van der Waals surface area contributed by atoms with Gasteiger partial charge in [0, 0.05) is 44.9 Å². The van der Waals surface area contributed by atoms with Gasteiger partial charge in [0.25, 0.3) is 5.91 Å². The average Bonchev–Trinajstić information content (AvgIpc) is 2.88. The molecule has 0 saturated carbocycles. The first-order chi connectivity index (χ1) is 18.9. The molecule has 40 heavy (non-hydrogen) atoms. The van der Waals surface area contributed by atoms with Crippen molar-refractivity contribution in [1.29, 1.82) is 0 Å². The summed E-state index contributed by atoms with van der Waals surface area (Å²) >= 11 is 9.91. The van der Waals surface area contributed by atoms with Crippen LogP contribution in [0.2, 0.25) is 5.02 Å². The second-order valence-electron chi connectivity index (χ2n) is 10.7. The molecule has 0 spiro atoms. The predicted octanol–water partition coefficient (Wildman–Crippen LogP) is 8.40. The van der Waals surface area contributed by atoms with Crippen molar-refractivity contribution in [2.75, 3.05) is 6.54 Å². The number of hydrogen-bond acceptors (Lipinski definition) is 4. The Morgan fingerprint density at radius 1 is 1.07 bits per heavy atom. The molecule has 0 bridgehead atoms. The minimum Gasteiger partial charge on any atom is -0.460 e. The van der Waals surface area contributed by atoms with Gasteiger partial charge in [-0.2, -0.15) is 0 Å². The van der Waals surface area contributed by atoms with Gasteiger partial charge >= 0.3 is 5.97 Å². The van der Waals surface area contributed by atoms with Crippen molar-refractivity contribution in [2.45, 2.75) is 52.1 Å². The van der Waals surface area contributed by atoms with Crippen molar-refractivity contribution >= 4 is 50.3 Å². The largest absolute Gasteiger partial charge is 0.460 e. The first kappa shape index (κ1) is 29.7. The summed E-state index contributed by atoms with van der Waals surface area (Å²) in [5, 5.41) is 3.93. The molecule has 8 heteroatoms. The smallest absolute Gasteiger partial charge is 0.306 e. The number of amides is 1. The zero-order chi connectivity index (χ0) is 29.0. The van der Waals surface area contributed by atoms with Crippen molar-refractivity contribution in [1.82, 2.24) is 10.3 Å². The van der Waals surface area contributed by atoms with Crippen LogP contribution in [-0.4, -0.2) is 29.0 Å². The van der Waals surface area contributed by atoms with E-state index >= 15 is 0 Å². The number of benzene rings is 3. The van der Waals surface area contributed by atoms with Crippen LogP contribution in [0.25, 0.3) is 22.2 Å². The predicted molar refractivity (Wildman–Crippen MR) is 161 cm³/mol. The minimum atomic E-state index is -0.638. The number of fused-ring (bicyclic) bond motifs is 1. The van der Waals surface area contributed by atoms with Gasteiger partial charge in [-0.3, -0.25) is 9.59 Å². The number of hydrogen-bond donors (Lipinski definition) is 1. The lowest BCUT2D eigenvalue weighted by molar-refractivity contribution is -0.155. The number of nitrogens with zero attached hydrogens (tertiary/aromatic N) is 1. The van der Waals surface area contributed by atoms with Gasteiger partial charge in [-0.05, 0) is 70.0 Å². The maximum absolute atomic E-state index is 15.0. The fourth-order valence-corrected chi connectivity index (χ4v) is 5.42. The molecule has 0 saturated heterocycles. The fourth-order valence-electron chi connectivity index (χ4n) is 4.74. The molecule has 0 aliphatic heterocycles. The van der Waals surface area contributed by atoms with E-state index in [4.69, 9.17) is 21.3 Å². The lowest BCUT2D eigenvalue weighted by Crippen LogP contribution is -2.30. The molecular weight excluding hydrogens is 595 g/mol. The Kier molecular flexibility index (Phi) is 9.26. The Balaban J connectivity index is 1.68. The summed E-state index contributed by atoms with van der Waals surface area (Å²) in [6.45, 7) is 7.32. The zero-order valence-corrected chi connectivity index (χ0v) is 25.2. The first-order valence-electron chi connectivity index (χ1n) is 13.0. The van der Waals surface area contributed by atoms with E-state index < -0.39 is 23.3 Å². The quantitative estimate of drug-likeness (QED) is 0.200. The van der Waals surface area contributed by atoms with Crippen molar-refractivity contribution in [2.24, 2.45) is 0 Å². The van der Waals surface area contributed by atoms with Crippen LogP contribution in [0.5, 0.6) is 0 Å². The lowest BCUT2D eigenvalue weighted by Gasteiger charge is -2.23. The number of halogens is 3. The molecule has 3 aromatic carbocycles. The zero-order valence-electron chi connectivity index (χ0n) is 22.9. The van der Waals surface area contributed by atoms with Crippen LogP contribution in [0.15, 0.2) is 71.2 Å². The molecule has 1 aromatic heterocycles. The lowest BCUT2D eigenvalue weighted by atomic mass is 9.92. The van der Waals surface area contributed by atoms with Crippen LogP contribution in [0.4, 0.5) is 4.39 Å². The Morgan fingerprint density at radius 3 is 2.48 bits per heavy atom. The van der Waals surface area contributed by atoms with Crippen molar-refractivity contribution in [3.05, 3.63) is 98.7 Å². The highest BCUT2D eigenvalue weighted by atomic mass is 79.9. The summed E-state index contributed by atoms with van der Waals surface area (Å²) in [5.41, 5.74) is 3.11.